The van der Waals surface area contributed by atoms with Gasteiger partial charge in [-0.3, -0.25) is 10.1 Å². The van der Waals surface area contributed by atoms with E-state index in [1.807, 2.05) is 0 Å². The minimum absolute atomic E-state index is 0.0418. The number of amides is 1. The van der Waals surface area contributed by atoms with E-state index in [1.165, 1.54) is 6.07 Å². The van der Waals surface area contributed by atoms with Gasteiger partial charge in [-0.1, -0.05) is 19.0 Å². The molecule has 0 bridgehead atoms. The van der Waals surface area contributed by atoms with E-state index in [9.17, 15) is 23.1 Å². The monoisotopic (exact) mass is 382 g/mol. The number of nitrogens with zero attached hydrogens (tertiary/aromatic N) is 1. The lowest BCUT2D eigenvalue weighted by Gasteiger charge is -2.24. The van der Waals surface area contributed by atoms with Crippen molar-refractivity contribution in [2.45, 2.75) is 69.9 Å². The van der Waals surface area contributed by atoms with Gasteiger partial charge in [0.05, 0.1) is 16.5 Å². The average molecular weight is 382 g/mol. The fourth-order valence-corrected chi connectivity index (χ4v) is 2.76. The van der Waals surface area contributed by atoms with Crippen LogP contribution in [0, 0.1) is 0 Å². The van der Waals surface area contributed by atoms with Crippen LogP contribution in [0.1, 0.15) is 53.2 Å². The first-order valence-electron chi connectivity index (χ1n) is 7.93. The van der Waals surface area contributed by atoms with Crippen LogP contribution in [0.4, 0.5) is 19.1 Å². The van der Waals surface area contributed by atoms with Crippen LogP contribution < -0.4 is 5.32 Å². The number of hydrogen-bond acceptors (Lipinski definition) is 5. The number of halogens is 3. The summed E-state index contributed by atoms with van der Waals surface area (Å²) < 4.78 is 40.6. The standard InChI is InChI=1S/C16H25F3N2O3S/c1-10(22)14(2,3)11-9-12(24-21-11)20-13(23)15(4,5)25-8-6-7-16(17,18)19/h9-10,22H,6-8H2,1-5H3,(H,20,23). The van der Waals surface area contributed by atoms with Gasteiger partial charge in [0.15, 0.2) is 0 Å². The molecule has 25 heavy (non-hydrogen) atoms. The van der Waals surface area contributed by atoms with Crippen LogP contribution in [0.25, 0.3) is 0 Å². The van der Waals surface area contributed by atoms with Crippen molar-refractivity contribution >= 4 is 23.6 Å². The Hall–Kier alpha value is -1.22. The van der Waals surface area contributed by atoms with Crippen LogP contribution in [0.15, 0.2) is 10.6 Å². The molecule has 0 radical (unpaired) electrons. The molecule has 144 valence electrons. The summed E-state index contributed by atoms with van der Waals surface area (Å²) in [5.74, 6) is -0.0313. The van der Waals surface area contributed by atoms with Gasteiger partial charge in [-0.05, 0) is 32.9 Å². The Labute approximate surface area is 149 Å². The zero-order valence-corrected chi connectivity index (χ0v) is 15.8. The van der Waals surface area contributed by atoms with E-state index in [0.29, 0.717) is 5.69 Å². The van der Waals surface area contributed by atoms with E-state index >= 15 is 0 Å². The molecule has 0 saturated heterocycles. The highest BCUT2D eigenvalue weighted by Crippen LogP contribution is 2.31. The summed E-state index contributed by atoms with van der Waals surface area (Å²) in [7, 11) is 0. The van der Waals surface area contributed by atoms with Crippen molar-refractivity contribution in [3.63, 3.8) is 0 Å². The maximum absolute atomic E-state index is 12.3. The SMILES string of the molecule is CC(O)C(C)(C)c1cc(NC(=O)C(C)(C)SCCCC(F)(F)F)on1. The summed E-state index contributed by atoms with van der Waals surface area (Å²) in [5, 5.41) is 16.2. The molecule has 0 aliphatic rings. The summed E-state index contributed by atoms with van der Waals surface area (Å²) in [5.41, 5.74) is -0.151. The van der Waals surface area contributed by atoms with E-state index in [-0.39, 0.29) is 24.0 Å². The fourth-order valence-electron chi connectivity index (χ4n) is 1.78. The van der Waals surface area contributed by atoms with Crippen molar-refractivity contribution < 1.29 is 27.6 Å². The smallest absolute Gasteiger partial charge is 0.389 e. The van der Waals surface area contributed by atoms with Gasteiger partial charge in [0.2, 0.25) is 11.8 Å². The molecule has 1 aromatic heterocycles. The summed E-state index contributed by atoms with van der Waals surface area (Å²) in [6.45, 7) is 8.49. The molecule has 0 fully saturated rings. The Balaban J connectivity index is 2.61. The zero-order chi connectivity index (χ0) is 19.5. The molecule has 9 heteroatoms. The number of aromatic nitrogens is 1. The van der Waals surface area contributed by atoms with Crippen LogP contribution in [0.2, 0.25) is 0 Å². The average Bonchev–Trinajstić information content (AvgIpc) is 2.91. The minimum Gasteiger partial charge on any atom is -0.392 e. The van der Waals surface area contributed by atoms with E-state index in [4.69, 9.17) is 4.52 Å². The molecule has 1 unspecified atom stereocenters. The Kier molecular flexibility index (Phi) is 6.97. The number of carbonyl (C=O) groups excluding carboxylic acids is 1. The van der Waals surface area contributed by atoms with Crippen LogP contribution in [0.5, 0.6) is 0 Å². The van der Waals surface area contributed by atoms with Crippen LogP contribution in [-0.2, 0) is 10.2 Å². The molecule has 0 aromatic carbocycles. The molecular formula is C16H25F3N2O3S. The lowest BCUT2D eigenvalue weighted by molar-refractivity contribution is -0.134. The maximum Gasteiger partial charge on any atom is 0.389 e. The molecule has 0 spiro atoms. The highest BCUT2D eigenvalue weighted by atomic mass is 32.2. The molecule has 0 aliphatic carbocycles. The lowest BCUT2D eigenvalue weighted by Crippen LogP contribution is -2.34. The first-order chi connectivity index (χ1) is 11.3. The van der Waals surface area contributed by atoms with Crippen molar-refractivity contribution in [2.24, 2.45) is 0 Å². The van der Waals surface area contributed by atoms with Crippen molar-refractivity contribution in [1.29, 1.82) is 0 Å². The summed E-state index contributed by atoms with van der Waals surface area (Å²) >= 11 is 1.15. The number of hydrogen-bond donors (Lipinski definition) is 2. The van der Waals surface area contributed by atoms with Crippen molar-refractivity contribution in [1.82, 2.24) is 5.16 Å². The van der Waals surface area contributed by atoms with Crippen molar-refractivity contribution in [2.75, 3.05) is 11.1 Å². The number of aliphatic hydroxyl groups excluding tert-OH is 1. The summed E-state index contributed by atoms with van der Waals surface area (Å²) in [6.07, 6.45) is -5.75. The number of carbonyl (C=O) groups is 1. The normalized spacial score (nSPS) is 14.4. The van der Waals surface area contributed by atoms with Gasteiger partial charge < -0.3 is 9.63 Å². The van der Waals surface area contributed by atoms with Gasteiger partial charge in [0, 0.05) is 17.9 Å². The Bertz CT molecular complexity index is 583. The second-order valence-electron chi connectivity index (χ2n) is 7.01. The molecule has 1 aromatic rings. The van der Waals surface area contributed by atoms with Crippen LogP contribution in [0.3, 0.4) is 0 Å². The third-order valence-corrected chi connectivity index (χ3v) is 5.47. The summed E-state index contributed by atoms with van der Waals surface area (Å²) in [6, 6.07) is 1.54. The minimum atomic E-state index is -4.18. The van der Waals surface area contributed by atoms with Gasteiger partial charge in [-0.25, -0.2) is 0 Å². The first kappa shape index (κ1) is 21.8. The predicted molar refractivity (Wildman–Crippen MR) is 91.7 cm³/mol. The van der Waals surface area contributed by atoms with E-state index in [2.05, 4.69) is 10.5 Å². The van der Waals surface area contributed by atoms with Gasteiger partial charge in [-0.2, -0.15) is 13.2 Å². The Morgan fingerprint density at radius 1 is 1.36 bits per heavy atom. The Morgan fingerprint density at radius 3 is 2.48 bits per heavy atom. The molecule has 2 N–H and O–H groups in total. The van der Waals surface area contributed by atoms with Crippen molar-refractivity contribution in [3.05, 3.63) is 11.8 Å². The predicted octanol–water partition coefficient (Wildman–Crippen LogP) is 4.13. The largest absolute Gasteiger partial charge is 0.392 e. The highest BCUT2D eigenvalue weighted by molar-refractivity contribution is 8.01. The van der Waals surface area contributed by atoms with Gasteiger partial charge >= 0.3 is 6.18 Å². The number of alkyl halides is 3. The Morgan fingerprint density at radius 2 is 1.96 bits per heavy atom. The van der Waals surface area contributed by atoms with Crippen LogP contribution in [-0.4, -0.2) is 39.0 Å². The van der Waals surface area contributed by atoms with Crippen molar-refractivity contribution in [3.8, 4) is 0 Å². The van der Waals surface area contributed by atoms with E-state index in [0.717, 1.165) is 11.8 Å². The fraction of sp³-hybridized carbons (Fsp3) is 0.750. The molecule has 1 atom stereocenters. The molecular weight excluding hydrogens is 357 g/mol. The molecule has 5 nitrogen and oxygen atoms in total. The van der Waals surface area contributed by atoms with Gasteiger partial charge in [0.25, 0.3) is 0 Å². The molecule has 1 heterocycles. The quantitative estimate of drug-likeness (QED) is 0.662. The third-order valence-electron chi connectivity index (χ3n) is 4.07. The molecule has 1 rings (SSSR count). The maximum atomic E-state index is 12.3. The zero-order valence-electron chi connectivity index (χ0n) is 15.0. The topological polar surface area (TPSA) is 75.4 Å². The van der Waals surface area contributed by atoms with E-state index in [1.54, 1.807) is 34.6 Å². The third kappa shape index (κ3) is 6.54. The van der Waals surface area contributed by atoms with E-state index < -0.39 is 28.9 Å². The van der Waals surface area contributed by atoms with Gasteiger partial charge in [0.1, 0.15) is 0 Å². The number of nitrogens with one attached hydrogen (secondary N) is 1. The molecule has 1 amide bonds. The number of thioether (sulfide) groups is 1. The second-order valence-corrected chi connectivity index (χ2v) is 8.72. The highest BCUT2D eigenvalue weighted by Gasteiger charge is 2.33. The number of anilines is 1. The van der Waals surface area contributed by atoms with Crippen LogP contribution >= 0.6 is 11.8 Å². The lowest BCUT2D eigenvalue weighted by atomic mass is 9.84. The second kappa shape index (κ2) is 7.99. The molecule has 0 saturated carbocycles. The summed E-state index contributed by atoms with van der Waals surface area (Å²) in [4.78, 5) is 12.3. The number of rotatable bonds is 8. The first-order valence-corrected chi connectivity index (χ1v) is 8.91. The van der Waals surface area contributed by atoms with Gasteiger partial charge in [-0.15, -0.1) is 11.8 Å². The number of aliphatic hydroxyl groups is 1. The molecule has 0 aliphatic heterocycles.